The molecule has 5 nitrogen and oxygen atoms in total. The maximum Gasteiger partial charge on any atom is 0.242 e. The van der Waals surface area contributed by atoms with Crippen molar-refractivity contribution in [1.82, 2.24) is 9.80 Å². The quantitative estimate of drug-likeness (QED) is 0.586. The summed E-state index contributed by atoms with van der Waals surface area (Å²) in [6, 6.07) is 15.8. The number of nitrogens with zero attached hydrogens (tertiary/aromatic N) is 2. The monoisotopic (exact) mass is 346 g/mol. The molecule has 5 rings (SSSR count). The highest BCUT2D eigenvalue weighted by Gasteiger charge is 2.70. The van der Waals surface area contributed by atoms with Gasteiger partial charge in [-0.1, -0.05) is 48.5 Å². The van der Waals surface area contributed by atoms with E-state index in [2.05, 4.69) is 0 Å². The smallest absolute Gasteiger partial charge is 0.242 e. The summed E-state index contributed by atoms with van der Waals surface area (Å²) in [5, 5.41) is 0. The lowest BCUT2D eigenvalue weighted by atomic mass is 9.74. The van der Waals surface area contributed by atoms with E-state index < -0.39 is 17.4 Å². The third-order valence-corrected chi connectivity index (χ3v) is 6.26. The molecular formula is C21H18N2O3. The van der Waals surface area contributed by atoms with Gasteiger partial charge in [-0.25, -0.2) is 0 Å². The number of benzene rings is 2. The Morgan fingerprint density at radius 2 is 1.38 bits per heavy atom. The first-order valence-electron chi connectivity index (χ1n) is 8.87. The summed E-state index contributed by atoms with van der Waals surface area (Å²) in [6.45, 7) is 2.06. The molecule has 3 amide bonds. The lowest BCUT2D eigenvalue weighted by Crippen LogP contribution is -2.48. The Labute approximate surface area is 151 Å². The van der Waals surface area contributed by atoms with Crippen molar-refractivity contribution >= 4 is 17.7 Å². The number of hydrogen-bond acceptors (Lipinski definition) is 3. The Hall–Kier alpha value is -2.95. The van der Waals surface area contributed by atoms with Crippen molar-refractivity contribution in [3.8, 4) is 11.1 Å². The van der Waals surface area contributed by atoms with Crippen LogP contribution in [0.25, 0.3) is 11.1 Å². The fourth-order valence-electron chi connectivity index (χ4n) is 5.24. The Balaban J connectivity index is 1.88. The van der Waals surface area contributed by atoms with Crippen LogP contribution in [0.1, 0.15) is 18.1 Å². The molecule has 2 aromatic carbocycles. The predicted molar refractivity (Wildman–Crippen MR) is 94.8 cm³/mol. The summed E-state index contributed by atoms with van der Waals surface area (Å²) in [7, 11) is 1.72. The number of likely N-dealkylation sites (tertiary alicyclic amines) is 2. The highest BCUT2D eigenvalue weighted by molar-refractivity contribution is 6.18. The third kappa shape index (κ3) is 1.43. The Kier molecular flexibility index (Phi) is 2.84. The maximum atomic E-state index is 13.2. The average molecular weight is 346 g/mol. The van der Waals surface area contributed by atoms with E-state index in [4.69, 9.17) is 0 Å². The molecule has 3 aliphatic rings. The molecule has 130 valence electrons. The summed E-state index contributed by atoms with van der Waals surface area (Å²) in [6.07, 6.45) is 0. The second kappa shape index (κ2) is 4.81. The number of carbonyl (C=O) groups excluding carboxylic acids is 3. The van der Waals surface area contributed by atoms with Gasteiger partial charge in [0, 0.05) is 13.6 Å². The standard InChI is InChI=1S/C21H18N2O3/c1-3-23-19(25)16-17(20(23)26)21(22(2)18(16)24)14-10-6-4-8-12(14)13-9-5-7-11-15(13)21/h4-11,16-17H,3H2,1-2H3/t16-,17+/m0/s1. The van der Waals surface area contributed by atoms with Crippen molar-refractivity contribution in [3.63, 3.8) is 0 Å². The summed E-state index contributed by atoms with van der Waals surface area (Å²) in [4.78, 5) is 42.0. The van der Waals surface area contributed by atoms with Gasteiger partial charge in [-0.3, -0.25) is 19.3 Å². The molecule has 0 aromatic heterocycles. The number of carbonyl (C=O) groups is 3. The molecule has 0 bridgehead atoms. The van der Waals surface area contributed by atoms with Crippen LogP contribution in [-0.2, 0) is 19.9 Å². The van der Waals surface area contributed by atoms with Crippen molar-refractivity contribution in [3.05, 3.63) is 59.7 Å². The lowest BCUT2D eigenvalue weighted by Gasteiger charge is -2.38. The molecule has 0 N–H and O–H groups in total. The van der Waals surface area contributed by atoms with E-state index in [1.54, 1.807) is 18.9 Å². The van der Waals surface area contributed by atoms with Crippen LogP contribution in [0.15, 0.2) is 48.5 Å². The van der Waals surface area contributed by atoms with Crippen LogP contribution < -0.4 is 0 Å². The van der Waals surface area contributed by atoms with Crippen LogP contribution >= 0.6 is 0 Å². The molecule has 2 aromatic rings. The van der Waals surface area contributed by atoms with Crippen LogP contribution in [0, 0.1) is 11.8 Å². The zero-order chi connectivity index (χ0) is 18.2. The summed E-state index contributed by atoms with van der Waals surface area (Å²) in [5.41, 5.74) is 3.01. The van der Waals surface area contributed by atoms with Crippen molar-refractivity contribution in [2.45, 2.75) is 12.5 Å². The van der Waals surface area contributed by atoms with Crippen molar-refractivity contribution in [2.24, 2.45) is 11.8 Å². The van der Waals surface area contributed by atoms with E-state index in [1.807, 2.05) is 48.5 Å². The molecule has 2 atom stereocenters. The molecule has 0 unspecified atom stereocenters. The van der Waals surface area contributed by atoms with Crippen molar-refractivity contribution in [1.29, 1.82) is 0 Å². The van der Waals surface area contributed by atoms with E-state index in [-0.39, 0.29) is 17.7 Å². The largest absolute Gasteiger partial charge is 0.330 e. The topological polar surface area (TPSA) is 57.7 Å². The van der Waals surface area contributed by atoms with Crippen LogP contribution in [0.5, 0.6) is 0 Å². The highest BCUT2D eigenvalue weighted by atomic mass is 16.2. The minimum absolute atomic E-state index is 0.244. The van der Waals surface area contributed by atoms with Gasteiger partial charge in [0.15, 0.2) is 0 Å². The van der Waals surface area contributed by atoms with E-state index in [9.17, 15) is 14.4 Å². The number of imide groups is 1. The van der Waals surface area contributed by atoms with E-state index in [0.717, 1.165) is 22.3 Å². The van der Waals surface area contributed by atoms with Gasteiger partial charge in [0.25, 0.3) is 0 Å². The Bertz CT molecular complexity index is 951. The van der Waals surface area contributed by atoms with Gasteiger partial charge in [0.1, 0.15) is 11.5 Å². The van der Waals surface area contributed by atoms with E-state index in [0.29, 0.717) is 6.54 Å². The zero-order valence-corrected chi connectivity index (χ0v) is 14.6. The fraction of sp³-hybridized carbons (Fsp3) is 0.286. The first-order valence-corrected chi connectivity index (χ1v) is 8.87. The van der Waals surface area contributed by atoms with Gasteiger partial charge in [-0.2, -0.15) is 0 Å². The van der Waals surface area contributed by atoms with Gasteiger partial charge in [-0.05, 0) is 29.2 Å². The molecule has 2 fully saturated rings. The van der Waals surface area contributed by atoms with Crippen LogP contribution in [-0.4, -0.2) is 41.1 Å². The van der Waals surface area contributed by atoms with Crippen LogP contribution in [0.3, 0.4) is 0 Å². The third-order valence-electron chi connectivity index (χ3n) is 6.26. The van der Waals surface area contributed by atoms with Gasteiger partial charge in [0.05, 0.1) is 5.92 Å². The van der Waals surface area contributed by atoms with Crippen LogP contribution in [0.4, 0.5) is 0 Å². The fourth-order valence-corrected chi connectivity index (χ4v) is 5.24. The molecular weight excluding hydrogens is 328 g/mol. The van der Waals surface area contributed by atoms with Crippen LogP contribution in [0.2, 0.25) is 0 Å². The Morgan fingerprint density at radius 1 is 0.846 bits per heavy atom. The molecule has 0 saturated carbocycles. The lowest BCUT2D eigenvalue weighted by molar-refractivity contribution is -0.144. The normalized spacial score (nSPS) is 25.1. The maximum absolute atomic E-state index is 13.2. The summed E-state index contributed by atoms with van der Waals surface area (Å²) in [5.74, 6) is -2.51. The number of rotatable bonds is 1. The second-order valence-electron chi connectivity index (χ2n) is 7.13. The van der Waals surface area contributed by atoms with E-state index >= 15 is 0 Å². The molecule has 0 radical (unpaired) electrons. The predicted octanol–water partition coefficient (Wildman–Crippen LogP) is 2.00. The minimum Gasteiger partial charge on any atom is -0.330 e. The van der Waals surface area contributed by atoms with Crippen molar-refractivity contribution in [2.75, 3.05) is 13.6 Å². The second-order valence-corrected chi connectivity index (χ2v) is 7.13. The SMILES string of the molecule is CCN1C(=O)[C@@H]2C(=O)N(C)C3(c4ccccc4-c4ccccc43)[C@H]2C1=O. The number of fused-ring (bicyclic) bond motifs is 7. The number of hydrogen-bond donors (Lipinski definition) is 0. The number of amides is 3. The van der Waals surface area contributed by atoms with Gasteiger partial charge in [-0.15, -0.1) is 0 Å². The van der Waals surface area contributed by atoms with Gasteiger partial charge >= 0.3 is 0 Å². The summed E-state index contributed by atoms with van der Waals surface area (Å²) >= 11 is 0. The first-order chi connectivity index (χ1) is 12.5. The first kappa shape index (κ1) is 15.3. The van der Waals surface area contributed by atoms with Gasteiger partial charge < -0.3 is 4.90 Å². The highest BCUT2D eigenvalue weighted by Crippen LogP contribution is 2.61. The molecule has 2 heterocycles. The Morgan fingerprint density at radius 3 is 1.92 bits per heavy atom. The minimum atomic E-state index is -0.924. The van der Waals surface area contributed by atoms with E-state index in [1.165, 1.54) is 4.90 Å². The van der Waals surface area contributed by atoms with Crippen molar-refractivity contribution < 1.29 is 14.4 Å². The van der Waals surface area contributed by atoms with Gasteiger partial charge in [0.2, 0.25) is 17.7 Å². The molecule has 2 aliphatic heterocycles. The molecule has 1 spiro atoms. The summed E-state index contributed by atoms with van der Waals surface area (Å²) < 4.78 is 0. The molecule has 2 saturated heterocycles. The molecule has 26 heavy (non-hydrogen) atoms. The average Bonchev–Trinajstić information content (AvgIpc) is 3.19. The molecule has 1 aliphatic carbocycles. The molecule has 5 heteroatoms. The zero-order valence-electron chi connectivity index (χ0n) is 14.6.